The van der Waals surface area contributed by atoms with Gasteiger partial charge in [-0.15, -0.1) is 0 Å². The van der Waals surface area contributed by atoms with Crippen LogP contribution < -0.4 is 25.7 Å². The smallest absolute Gasteiger partial charge is 0.315 e. The van der Waals surface area contributed by atoms with Crippen molar-refractivity contribution in [2.45, 2.75) is 116 Å². The maximum absolute atomic E-state index is 14.7. The van der Waals surface area contributed by atoms with E-state index in [1.165, 1.54) is 19.3 Å². The Morgan fingerprint density at radius 2 is 1.69 bits per heavy atom. The molecule has 374 valence electrons. The fourth-order valence-corrected chi connectivity index (χ4v) is 9.83. The molecular formula is C51H64N8O11. The lowest BCUT2D eigenvalue weighted by Crippen LogP contribution is -2.49. The minimum Gasteiger partial charge on any atom is -0.507 e. The minimum absolute atomic E-state index is 0.0479. The van der Waals surface area contributed by atoms with Crippen LogP contribution in [-0.4, -0.2) is 139 Å². The van der Waals surface area contributed by atoms with E-state index in [1.54, 1.807) is 62.4 Å². The van der Waals surface area contributed by atoms with Gasteiger partial charge in [-0.2, -0.15) is 0 Å². The van der Waals surface area contributed by atoms with Crippen molar-refractivity contribution in [2.75, 3.05) is 56.0 Å². The number of hydrogen-bond acceptors (Lipinski definition) is 17. The van der Waals surface area contributed by atoms with Gasteiger partial charge in [-0.3, -0.25) is 24.2 Å². The summed E-state index contributed by atoms with van der Waals surface area (Å²) in [4.78, 5) is 79.2. The summed E-state index contributed by atoms with van der Waals surface area (Å²) in [5.41, 5.74) is -0.142. The normalized spacial score (nSPS) is 27.0. The Kier molecular flexibility index (Phi) is 14.6. The molecule has 2 saturated heterocycles. The van der Waals surface area contributed by atoms with Gasteiger partial charge in [0, 0.05) is 107 Å². The lowest BCUT2D eigenvalue weighted by atomic mass is 9.92. The number of aromatic hydroxyl groups is 2. The second-order valence-corrected chi connectivity index (χ2v) is 19.7. The number of Topliss-reactive ketones (excluding diaryl/α,β-unsaturated/α-hetero) is 1. The molecule has 1 spiro atoms. The molecule has 19 heteroatoms. The second-order valence-electron chi connectivity index (χ2n) is 19.7. The Hall–Kier alpha value is -6.44. The Morgan fingerprint density at radius 1 is 0.971 bits per heavy atom. The number of hydrogen-bond donors (Lipinski definition) is 5. The molecule has 2 fully saturated rings. The molecule has 1 aromatic heterocycles. The van der Waals surface area contributed by atoms with E-state index < -0.39 is 71.4 Å². The highest BCUT2D eigenvalue weighted by molar-refractivity contribution is 6.21. The molecule has 5 atom stereocenters. The number of anilines is 2. The number of allylic oxidation sites excluding steroid dienone is 3. The number of aliphatic hydroxyl groups excluding tert-OH is 2. The van der Waals surface area contributed by atoms with E-state index in [-0.39, 0.29) is 75.4 Å². The summed E-state index contributed by atoms with van der Waals surface area (Å²) in [6, 6.07) is 1.73. The van der Waals surface area contributed by atoms with Crippen molar-refractivity contribution in [3.05, 3.63) is 76.4 Å². The zero-order chi connectivity index (χ0) is 50.1. The van der Waals surface area contributed by atoms with Crippen LogP contribution in [0.1, 0.15) is 95.5 Å². The number of ether oxygens (including phenoxy) is 3. The van der Waals surface area contributed by atoms with Crippen molar-refractivity contribution in [2.24, 2.45) is 21.8 Å². The number of aliphatic hydroxyl groups is 2. The molecule has 2 amide bonds. The monoisotopic (exact) mass is 964 g/mol. The standard InChI is InChI=1S/C51H64N8O11/c1-29(2)28-57-18-14-51(15-19-57)55-41-38-39-44(64)32(5)46-40(38)47(66)50(6,70-46)68-24-8-7-13-34(69-37(63)27-36(62)58-20-22-59(23-21-58)49-52-16-10-17-53-49)25-33(60)26-35(61)30(3)11-9-12-31(4)48(67)54-43(45(39)65)42(41)56-51/h8-12,16-17,24,29-30,33-35,55,60-61,64-65H,7,13-15,18-23,25-28H2,1-6H3/b11-9+,24-8+,31-12-,54-43?/t30-,33?,34+,35+,50-/m0/s1. The van der Waals surface area contributed by atoms with Crippen molar-refractivity contribution >= 4 is 46.0 Å². The van der Waals surface area contributed by atoms with Gasteiger partial charge in [-0.25, -0.2) is 15.0 Å². The molecule has 1 unspecified atom stereocenters. The third-order valence-corrected chi connectivity index (χ3v) is 13.8. The van der Waals surface area contributed by atoms with Crippen LogP contribution in [0.25, 0.3) is 10.8 Å². The number of amides is 2. The van der Waals surface area contributed by atoms with E-state index >= 15 is 0 Å². The van der Waals surface area contributed by atoms with Gasteiger partial charge in [0.05, 0.1) is 35.1 Å². The number of benzene rings is 2. The maximum atomic E-state index is 14.7. The van der Waals surface area contributed by atoms with E-state index in [1.807, 2.05) is 4.90 Å². The van der Waals surface area contributed by atoms with Gasteiger partial charge in [-0.1, -0.05) is 39.0 Å². The highest BCUT2D eigenvalue weighted by Crippen LogP contribution is 2.51. The number of nitrogens with one attached hydrogen (secondary N) is 1. The quantitative estimate of drug-likeness (QED) is 0.134. The topological polar surface area (TPSA) is 249 Å². The SMILES string of the molecule is C/C1=C/C=C/[C@H](C)[C@H](O)CC(O)C[C@H](OC(=O)CC(=O)N2CCN(c3ncccn3)CC2)CC/C=C/O[C@@]2(C)Oc3c(C)c(O)c4c(O)c(c5c(c4c3C2=O)NC2(CCN(CC(C)C)CC2)N=5)=NC1=O. The molecule has 5 N–H and O–H groups in total. The predicted octanol–water partition coefficient (Wildman–Crippen LogP) is 3.90. The molecule has 5 bridgehead atoms. The van der Waals surface area contributed by atoms with Gasteiger partial charge in [0.2, 0.25) is 11.9 Å². The third kappa shape index (κ3) is 10.4. The number of phenolic OH excluding ortho intramolecular Hbond substituents is 2. The van der Waals surface area contributed by atoms with Crippen LogP contribution in [0.15, 0.2) is 64.6 Å². The summed E-state index contributed by atoms with van der Waals surface area (Å²) in [6.45, 7) is 14.7. The summed E-state index contributed by atoms with van der Waals surface area (Å²) < 4.78 is 18.2. The molecule has 70 heavy (non-hydrogen) atoms. The Balaban J connectivity index is 1.08. The van der Waals surface area contributed by atoms with E-state index in [4.69, 9.17) is 19.2 Å². The number of carbonyl (C=O) groups is 4. The third-order valence-electron chi connectivity index (χ3n) is 13.8. The fraction of sp³-hybridized carbons (Fsp3) is 0.529. The molecule has 19 nitrogen and oxygen atoms in total. The van der Waals surface area contributed by atoms with Crippen LogP contribution in [0.2, 0.25) is 0 Å². The molecule has 6 aliphatic rings. The molecule has 0 radical (unpaired) electrons. The van der Waals surface area contributed by atoms with E-state index in [2.05, 4.69) is 39.0 Å². The van der Waals surface area contributed by atoms with Crippen LogP contribution in [0.4, 0.5) is 11.6 Å². The van der Waals surface area contributed by atoms with Gasteiger partial charge in [0.1, 0.15) is 40.4 Å². The Labute approximate surface area is 406 Å². The summed E-state index contributed by atoms with van der Waals surface area (Å²) in [5, 5.41) is 50.0. The van der Waals surface area contributed by atoms with Gasteiger partial charge >= 0.3 is 11.8 Å². The number of piperazine rings is 1. The number of esters is 1. The van der Waals surface area contributed by atoms with Crippen molar-refractivity contribution in [1.82, 2.24) is 19.8 Å². The Bertz CT molecular complexity index is 2750. The first-order chi connectivity index (χ1) is 33.4. The van der Waals surface area contributed by atoms with Crippen LogP contribution >= 0.6 is 0 Å². The van der Waals surface area contributed by atoms with Crippen molar-refractivity contribution in [3.8, 4) is 17.2 Å². The predicted molar refractivity (Wildman–Crippen MR) is 258 cm³/mol. The highest BCUT2D eigenvalue weighted by atomic mass is 16.7. The van der Waals surface area contributed by atoms with E-state index in [0.717, 1.165) is 6.54 Å². The maximum Gasteiger partial charge on any atom is 0.315 e. The molecule has 6 aliphatic heterocycles. The number of nitrogens with zero attached hydrogens (tertiary/aromatic N) is 7. The van der Waals surface area contributed by atoms with Crippen LogP contribution in [0.5, 0.6) is 17.2 Å². The number of aromatic nitrogens is 2. The number of carbonyl (C=O) groups excluding carboxylic acids is 4. The molecule has 2 aromatic carbocycles. The molecule has 0 saturated carbocycles. The van der Waals surface area contributed by atoms with Gasteiger partial charge in [-0.05, 0) is 51.2 Å². The first-order valence-corrected chi connectivity index (χ1v) is 24.2. The summed E-state index contributed by atoms with van der Waals surface area (Å²) in [5.74, 6) is -4.70. The highest BCUT2D eigenvalue weighted by Gasteiger charge is 2.50. The van der Waals surface area contributed by atoms with Crippen LogP contribution in [0.3, 0.4) is 0 Å². The number of likely N-dealkylation sites (tertiary alicyclic amines) is 1. The van der Waals surface area contributed by atoms with Gasteiger partial charge in [0.25, 0.3) is 11.7 Å². The zero-order valence-electron chi connectivity index (χ0n) is 40.7. The van der Waals surface area contributed by atoms with Crippen LogP contribution in [0, 0.1) is 18.8 Å². The van der Waals surface area contributed by atoms with Gasteiger partial charge in [0.15, 0.2) is 5.75 Å². The van der Waals surface area contributed by atoms with Crippen LogP contribution in [-0.2, 0) is 23.9 Å². The first kappa shape index (κ1) is 50.0. The minimum atomic E-state index is -1.93. The second kappa shape index (κ2) is 20.5. The van der Waals surface area contributed by atoms with Crippen molar-refractivity contribution < 1.29 is 53.8 Å². The summed E-state index contributed by atoms with van der Waals surface area (Å²) >= 11 is 0. The number of piperidine rings is 1. The van der Waals surface area contributed by atoms with Crippen molar-refractivity contribution in [3.63, 3.8) is 0 Å². The number of phenols is 2. The average molecular weight is 965 g/mol. The fourth-order valence-electron chi connectivity index (χ4n) is 9.83. The zero-order valence-corrected chi connectivity index (χ0v) is 40.7. The summed E-state index contributed by atoms with van der Waals surface area (Å²) in [6.07, 6.45) is 8.95. The van der Waals surface area contributed by atoms with E-state index in [9.17, 15) is 39.6 Å². The lowest BCUT2D eigenvalue weighted by molar-refractivity contribution is -0.155. The largest absolute Gasteiger partial charge is 0.507 e. The average Bonchev–Trinajstić information content (AvgIpc) is 3.83. The first-order valence-electron chi connectivity index (χ1n) is 24.2. The number of rotatable bonds is 6. The number of fused-ring (bicyclic) bond motifs is 13. The Morgan fingerprint density at radius 3 is 2.39 bits per heavy atom. The van der Waals surface area contributed by atoms with Gasteiger partial charge < -0.3 is 54.7 Å². The molecule has 7 heterocycles. The molecule has 3 aromatic rings. The van der Waals surface area contributed by atoms with E-state index in [0.29, 0.717) is 69.7 Å². The molecule has 9 rings (SSSR count). The summed E-state index contributed by atoms with van der Waals surface area (Å²) in [7, 11) is 0. The molecular weight excluding hydrogens is 901 g/mol. The van der Waals surface area contributed by atoms with Crippen molar-refractivity contribution in [1.29, 1.82) is 0 Å². The molecule has 0 aliphatic carbocycles. The lowest BCUT2D eigenvalue weighted by Gasteiger charge is -2.38. The number of ketones is 1.